The smallest absolute Gasteiger partial charge is 0.171 e. The van der Waals surface area contributed by atoms with E-state index in [-0.39, 0.29) is 0 Å². The summed E-state index contributed by atoms with van der Waals surface area (Å²) in [6.07, 6.45) is 0.896. The maximum Gasteiger partial charge on any atom is 0.171 e. The average Bonchev–Trinajstić information content (AvgIpc) is 2.94. The summed E-state index contributed by atoms with van der Waals surface area (Å²) in [7, 11) is 1.68. The largest absolute Gasteiger partial charge is 0.497 e. The molecule has 0 unspecified atom stereocenters. The molecule has 0 fully saturated rings. The zero-order valence-electron chi connectivity index (χ0n) is 11.5. The lowest BCUT2D eigenvalue weighted by molar-refractivity contribution is 0.411. The Morgan fingerprint density at radius 2 is 2.26 bits per heavy atom. The van der Waals surface area contributed by atoms with Gasteiger partial charge in [-0.15, -0.1) is 0 Å². The quantitative estimate of drug-likeness (QED) is 0.781. The third-order valence-corrected chi connectivity index (χ3v) is 3.48. The minimum absolute atomic E-state index is 0.441. The lowest BCUT2D eigenvalue weighted by atomic mass is 10.1. The number of aromatic nitrogens is 1. The van der Waals surface area contributed by atoms with Gasteiger partial charge in [-0.3, -0.25) is 0 Å². The molecule has 1 aromatic heterocycles. The summed E-state index contributed by atoms with van der Waals surface area (Å²) in [4.78, 5) is 0. The second-order valence-electron chi connectivity index (χ2n) is 5.17. The average molecular weight is 258 g/mol. The van der Waals surface area contributed by atoms with Gasteiger partial charge in [0.2, 0.25) is 0 Å². The van der Waals surface area contributed by atoms with Crippen molar-refractivity contribution in [3.05, 3.63) is 35.0 Å². The number of fused-ring (bicyclic) bond motifs is 3. The van der Waals surface area contributed by atoms with Gasteiger partial charge >= 0.3 is 0 Å². The molecule has 4 nitrogen and oxygen atoms in total. The number of hydrogen-bond donors (Lipinski definition) is 1. The van der Waals surface area contributed by atoms with Crippen LogP contribution in [0, 0.1) is 0 Å². The molecule has 3 rings (SSSR count). The van der Waals surface area contributed by atoms with Crippen LogP contribution in [-0.2, 0) is 13.0 Å². The van der Waals surface area contributed by atoms with E-state index in [2.05, 4.69) is 30.4 Å². The van der Waals surface area contributed by atoms with E-state index >= 15 is 0 Å². The van der Waals surface area contributed by atoms with Crippen LogP contribution in [0.5, 0.6) is 5.75 Å². The van der Waals surface area contributed by atoms with Crippen molar-refractivity contribution in [2.75, 3.05) is 7.11 Å². The lowest BCUT2D eigenvalue weighted by Crippen LogP contribution is -2.22. The van der Waals surface area contributed by atoms with E-state index in [1.807, 2.05) is 12.1 Å². The lowest BCUT2D eigenvalue weighted by Gasteiger charge is -2.05. The maximum absolute atomic E-state index is 5.52. The molecule has 1 aromatic carbocycles. The third-order valence-electron chi connectivity index (χ3n) is 3.48. The molecule has 4 heteroatoms. The number of ether oxygens (including phenoxy) is 1. The zero-order valence-corrected chi connectivity index (χ0v) is 11.5. The van der Waals surface area contributed by atoms with E-state index in [0.29, 0.717) is 6.04 Å². The number of rotatable bonds is 4. The molecule has 0 spiro atoms. The summed E-state index contributed by atoms with van der Waals surface area (Å²) in [5.41, 5.74) is 4.61. The van der Waals surface area contributed by atoms with E-state index in [1.54, 1.807) is 7.11 Å². The third kappa shape index (κ3) is 2.12. The summed E-state index contributed by atoms with van der Waals surface area (Å²) < 4.78 is 10.8. The molecule has 0 saturated heterocycles. The summed E-state index contributed by atoms with van der Waals surface area (Å²) in [6, 6.07) is 6.55. The molecular weight excluding hydrogens is 240 g/mol. The molecular formula is C15H18N2O2. The van der Waals surface area contributed by atoms with Crippen molar-refractivity contribution in [3.63, 3.8) is 0 Å². The van der Waals surface area contributed by atoms with Gasteiger partial charge in [-0.05, 0) is 17.7 Å². The van der Waals surface area contributed by atoms with Gasteiger partial charge in [0.15, 0.2) is 5.76 Å². The molecule has 0 amide bonds. The van der Waals surface area contributed by atoms with Crippen LogP contribution in [0.4, 0.5) is 0 Å². The summed E-state index contributed by atoms with van der Waals surface area (Å²) >= 11 is 0. The Kier molecular flexibility index (Phi) is 3.03. The number of nitrogens with one attached hydrogen (secondary N) is 1. The highest BCUT2D eigenvalue weighted by Gasteiger charge is 2.27. The number of methoxy groups -OCH3 is 1. The van der Waals surface area contributed by atoms with E-state index in [0.717, 1.165) is 35.7 Å². The van der Waals surface area contributed by atoms with Gasteiger partial charge in [-0.1, -0.05) is 25.1 Å². The predicted molar refractivity (Wildman–Crippen MR) is 73.3 cm³/mol. The maximum atomic E-state index is 5.52. The number of hydrogen-bond acceptors (Lipinski definition) is 4. The Labute approximate surface area is 112 Å². The molecule has 1 N–H and O–H groups in total. The Morgan fingerprint density at radius 1 is 1.42 bits per heavy atom. The van der Waals surface area contributed by atoms with Crippen LogP contribution in [0.25, 0.3) is 11.3 Å². The molecule has 0 bridgehead atoms. The Bertz CT molecular complexity index is 602. The monoisotopic (exact) mass is 258 g/mol. The highest BCUT2D eigenvalue weighted by Crippen LogP contribution is 2.40. The first kappa shape index (κ1) is 12.2. The van der Waals surface area contributed by atoms with Crippen LogP contribution in [0.1, 0.15) is 30.7 Å². The van der Waals surface area contributed by atoms with Gasteiger partial charge in [-0.25, -0.2) is 0 Å². The van der Waals surface area contributed by atoms with Gasteiger partial charge in [0.05, 0.1) is 7.11 Å². The van der Waals surface area contributed by atoms with Gasteiger partial charge in [0.25, 0.3) is 0 Å². The molecule has 1 aliphatic rings. The highest BCUT2D eigenvalue weighted by molar-refractivity contribution is 5.74. The molecule has 0 radical (unpaired) electrons. The van der Waals surface area contributed by atoms with Crippen molar-refractivity contribution in [2.45, 2.75) is 32.9 Å². The van der Waals surface area contributed by atoms with E-state index in [1.165, 1.54) is 11.1 Å². The SMILES string of the molecule is COc1ccc2c(c1)-c1onc(CNC(C)C)c1C2. The fraction of sp³-hybridized carbons (Fsp3) is 0.400. The van der Waals surface area contributed by atoms with Crippen LogP contribution in [0.2, 0.25) is 0 Å². The summed E-state index contributed by atoms with van der Waals surface area (Å²) in [5, 5.41) is 7.57. The van der Waals surface area contributed by atoms with Crippen molar-refractivity contribution in [2.24, 2.45) is 0 Å². The normalized spacial score (nSPS) is 12.6. The fourth-order valence-electron chi connectivity index (χ4n) is 2.41. The van der Waals surface area contributed by atoms with E-state index in [4.69, 9.17) is 9.26 Å². The molecule has 0 saturated carbocycles. The first-order valence-corrected chi connectivity index (χ1v) is 6.57. The standard InChI is InChI=1S/C15H18N2O2/c1-9(2)16-8-14-13-6-10-4-5-11(18-3)7-12(10)15(13)19-17-14/h4-5,7,9,16H,6,8H2,1-3H3. The Hall–Kier alpha value is -1.81. The van der Waals surface area contributed by atoms with Crippen molar-refractivity contribution in [1.82, 2.24) is 10.5 Å². The van der Waals surface area contributed by atoms with Crippen LogP contribution in [-0.4, -0.2) is 18.3 Å². The van der Waals surface area contributed by atoms with Crippen LogP contribution >= 0.6 is 0 Å². The van der Waals surface area contributed by atoms with Gasteiger partial charge < -0.3 is 14.6 Å². The second kappa shape index (κ2) is 4.70. The van der Waals surface area contributed by atoms with Crippen molar-refractivity contribution >= 4 is 0 Å². The van der Waals surface area contributed by atoms with Crippen molar-refractivity contribution < 1.29 is 9.26 Å². The summed E-state index contributed by atoms with van der Waals surface area (Å²) in [6.45, 7) is 5.00. The van der Waals surface area contributed by atoms with Crippen molar-refractivity contribution in [3.8, 4) is 17.1 Å². The Morgan fingerprint density at radius 3 is 3.00 bits per heavy atom. The molecule has 1 heterocycles. The van der Waals surface area contributed by atoms with Crippen LogP contribution < -0.4 is 10.1 Å². The first-order valence-electron chi connectivity index (χ1n) is 6.57. The predicted octanol–water partition coefficient (Wildman–Crippen LogP) is 2.75. The Balaban J connectivity index is 1.92. The van der Waals surface area contributed by atoms with Crippen molar-refractivity contribution in [1.29, 1.82) is 0 Å². The highest BCUT2D eigenvalue weighted by atomic mass is 16.5. The topological polar surface area (TPSA) is 47.3 Å². The number of nitrogens with zero attached hydrogens (tertiary/aromatic N) is 1. The van der Waals surface area contributed by atoms with Gasteiger partial charge in [0.1, 0.15) is 11.4 Å². The molecule has 19 heavy (non-hydrogen) atoms. The molecule has 2 aromatic rings. The molecule has 0 atom stereocenters. The van der Waals surface area contributed by atoms with Gasteiger partial charge in [0, 0.05) is 30.1 Å². The summed E-state index contributed by atoms with van der Waals surface area (Å²) in [5.74, 6) is 1.75. The molecule has 100 valence electrons. The zero-order chi connectivity index (χ0) is 13.4. The minimum atomic E-state index is 0.441. The number of benzene rings is 1. The van der Waals surface area contributed by atoms with E-state index < -0.39 is 0 Å². The van der Waals surface area contributed by atoms with Crippen LogP contribution in [0.15, 0.2) is 22.7 Å². The van der Waals surface area contributed by atoms with E-state index in [9.17, 15) is 0 Å². The fourth-order valence-corrected chi connectivity index (χ4v) is 2.41. The molecule has 0 aliphatic heterocycles. The molecule has 1 aliphatic carbocycles. The minimum Gasteiger partial charge on any atom is -0.497 e. The van der Waals surface area contributed by atoms with Gasteiger partial charge in [-0.2, -0.15) is 0 Å². The first-order chi connectivity index (χ1) is 9.19. The second-order valence-corrected chi connectivity index (χ2v) is 5.17. The van der Waals surface area contributed by atoms with Crippen LogP contribution in [0.3, 0.4) is 0 Å².